The van der Waals surface area contributed by atoms with Gasteiger partial charge in [-0.1, -0.05) is 54.6 Å². The van der Waals surface area contributed by atoms with Crippen molar-refractivity contribution in [2.75, 3.05) is 18.0 Å². The van der Waals surface area contributed by atoms with Crippen LogP contribution in [0.1, 0.15) is 42.0 Å². The van der Waals surface area contributed by atoms with Crippen molar-refractivity contribution in [1.29, 1.82) is 0 Å². The van der Waals surface area contributed by atoms with Gasteiger partial charge in [-0.3, -0.25) is 9.89 Å². The van der Waals surface area contributed by atoms with Crippen molar-refractivity contribution < 1.29 is 4.79 Å². The molecule has 1 aliphatic heterocycles. The van der Waals surface area contributed by atoms with Gasteiger partial charge in [0.15, 0.2) is 0 Å². The predicted octanol–water partition coefficient (Wildman–Crippen LogP) is 5.61. The van der Waals surface area contributed by atoms with E-state index in [0.29, 0.717) is 6.42 Å². The average molecular weight is 550 g/mol. The Bertz CT molecular complexity index is 1250. The Morgan fingerprint density at radius 3 is 2.58 bits per heavy atom. The summed E-state index contributed by atoms with van der Waals surface area (Å²) < 4.78 is 0.988. The quantitative estimate of drug-likeness (QED) is 0.307. The van der Waals surface area contributed by atoms with Gasteiger partial charge in [-0.25, -0.2) is 0 Å². The van der Waals surface area contributed by atoms with Crippen molar-refractivity contribution in [1.82, 2.24) is 15.5 Å². The van der Waals surface area contributed by atoms with Gasteiger partial charge >= 0.3 is 0 Å². The number of halogens is 1. The maximum Gasteiger partial charge on any atom is 0.225 e. The number of carbonyl (C=O) groups is 1. The largest absolute Gasteiger partial charge is 0.371 e. The fraction of sp³-hybridized carbons (Fsp3) is 0.259. The van der Waals surface area contributed by atoms with Crippen LogP contribution in [-0.4, -0.2) is 29.2 Å². The number of carbonyl (C=O) groups excluding carboxylic acids is 1. The van der Waals surface area contributed by atoms with Gasteiger partial charge in [-0.05, 0) is 71.2 Å². The number of aromatic nitrogens is 2. The van der Waals surface area contributed by atoms with E-state index in [4.69, 9.17) is 0 Å². The van der Waals surface area contributed by atoms with Gasteiger partial charge in [-0.2, -0.15) is 5.10 Å². The summed E-state index contributed by atoms with van der Waals surface area (Å²) >= 11 is 2.24. The van der Waals surface area contributed by atoms with Crippen LogP contribution in [0.5, 0.6) is 0 Å². The summed E-state index contributed by atoms with van der Waals surface area (Å²) in [5, 5.41) is 11.7. The van der Waals surface area contributed by atoms with Crippen LogP contribution in [0.25, 0.3) is 10.9 Å². The third kappa shape index (κ3) is 4.90. The monoisotopic (exact) mass is 550 g/mol. The van der Waals surface area contributed by atoms with Gasteiger partial charge in [0.2, 0.25) is 5.91 Å². The number of amides is 1. The van der Waals surface area contributed by atoms with Crippen molar-refractivity contribution in [3.8, 4) is 0 Å². The van der Waals surface area contributed by atoms with E-state index in [1.54, 1.807) is 0 Å². The smallest absolute Gasteiger partial charge is 0.225 e. The lowest BCUT2D eigenvalue weighted by atomic mass is 9.95. The third-order valence-corrected chi connectivity index (χ3v) is 7.14. The first-order valence-electron chi connectivity index (χ1n) is 11.5. The van der Waals surface area contributed by atoms with Crippen LogP contribution in [0, 0.1) is 3.70 Å². The number of para-hydroxylation sites is 1. The van der Waals surface area contributed by atoms with E-state index in [1.807, 2.05) is 30.3 Å². The maximum atomic E-state index is 13.3. The second-order valence-corrected chi connectivity index (χ2v) is 9.66. The molecular weight excluding hydrogens is 523 g/mol. The Morgan fingerprint density at radius 2 is 1.76 bits per heavy atom. The van der Waals surface area contributed by atoms with Crippen molar-refractivity contribution in [3.05, 3.63) is 93.2 Å². The third-order valence-electron chi connectivity index (χ3n) is 6.32. The molecule has 168 valence electrons. The molecule has 33 heavy (non-hydrogen) atoms. The highest BCUT2D eigenvalue weighted by atomic mass is 127. The molecule has 3 aromatic carbocycles. The predicted molar refractivity (Wildman–Crippen MR) is 141 cm³/mol. The number of benzene rings is 3. The number of nitrogens with zero attached hydrogens (tertiary/aromatic N) is 2. The van der Waals surface area contributed by atoms with Gasteiger partial charge in [0, 0.05) is 29.7 Å². The second-order valence-electron chi connectivity index (χ2n) is 8.58. The van der Waals surface area contributed by atoms with E-state index < -0.39 is 0 Å². The zero-order valence-electron chi connectivity index (χ0n) is 18.4. The molecule has 4 aromatic rings. The number of rotatable bonds is 6. The molecule has 2 N–H and O–H groups in total. The first-order valence-corrected chi connectivity index (χ1v) is 12.6. The molecule has 5 nitrogen and oxygen atoms in total. The van der Waals surface area contributed by atoms with E-state index in [-0.39, 0.29) is 11.9 Å². The molecule has 0 radical (unpaired) electrons. The Morgan fingerprint density at radius 1 is 1.00 bits per heavy atom. The van der Waals surface area contributed by atoms with E-state index in [9.17, 15) is 4.79 Å². The number of H-pyrrole nitrogens is 1. The van der Waals surface area contributed by atoms with Gasteiger partial charge in [0.05, 0.1) is 18.0 Å². The van der Waals surface area contributed by atoms with E-state index in [2.05, 4.69) is 85.5 Å². The molecule has 6 heteroatoms. The number of piperidine rings is 1. The average Bonchev–Trinajstić information content (AvgIpc) is 3.23. The number of hydrogen-bond donors (Lipinski definition) is 2. The minimum atomic E-state index is -0.199. The molecule has 1 atom stereocenters. The number of aromatic amines is 1. The minimum Gasteiger partial charge on any atom is -0.371 e. The topological polar surface area (TPSA) is 61.0 Å². The first-order chi connectivity index (χ1) is 16.2. The normalized spacial score (nSPS) is 14.9. The molecule has 1 aliphatic rings. The molecule has 5 rings (SSSR count). The SMILES string of the molecule is O=C(Cc1ccc2n[nH]c(I)c2c1)NC(c1ccccc1)c1ccccc1N1CCCCC1. The molecule has 1 unspecified atom stereocenters. The number of fused-ring (bicyclic) bond motifs is 1. The van der Waals surface area contributed by atoms with Crippen LogP contribution in [0.15, 0.2) is 72.8 Å². The molecule has 2 heterocycles. The Labute approximate surface area is 207 Å². The summed E-state index contributed by atoms with van der Waals surface area (Å²) in [5.41, 5.74) is 5.37. The molecule has 0 bridgehead atoms. The van der Waals surface area contributed by atoms with Crippen LogP contribution >= 0.6 is 22.6 Å². The summed E-state index contributed by atoms with van der Waals surface area (Å²) in [6.45, 7) is 2.13. The van der Waals surface area contributed by atoms with Gasteiger partial charge < -0.3 is 10.2 Å². The highest BCUT2D eigenvalue weighted by molar-refractivity contribution is 14.1. The summed E-state index contributed by atoms with van der Waals surface area (Å²) in [6.07, 6.45) is 4.04. The first kappa shape index (κ1) is 21.9. The van der Waals surface area contributed by atoms with Gasteiger partial charge in [-0.15, -0.1) is 0 Å². The Hall–Kier alpha value is -2.87. The van der Waals surface area contributed by atoms with Crippen molar-refractivity contribution in [2.45, 2.75) is 31.7 Å². The highest BCUT2D eigenvalue weighted by Gasteiger charge is 2.23. The van der Waals surface area contributed by atoms with Crippen LogP contribution in [0.3, 0.4) is 0 Å². The zero-order valence-corrected chi connectivity index (χ0v) is 20.6. The molecular formula is C27H27IN4O. The lowest BCUT2D eigenvalue weighted by Crippen LogP contribution is -2.34. The van der Waals surface area contributed by atoms with Crippen molar-refractivity contribution >= 4 is 45.1 Å². The lowest BCUT2D eigenvalue weighted by molar-refractivity contribution is -0.120. The molecule has 0 saturated carbocycles. The molecule has 1 fully saturated rings. The molecule has 0 spiro atoms. The summed E-state index contributed by atoms with van der Waals surface area (Å²) in [7, 11) is 0. The minimum absolute atomic E-state index is 0.00940. The lowest BCUT2D eigenvalue weighted by Gasteiger charge is -2.33. The summed E-state index contributed by atoms with van der Waals surface area (Å²) in [6, 6.07) is 24.6. The Balaban J connectivity index is 1.44. The zero-order chi connectivity index (χ0) is 22.6. The maximum absolute atomic E-state index is 13.3. The Kier molecular flexibility index (Phi) is 6.62. The molecule has 1 amide bonds. The van der Waals surface area contributed by atoms with Gasteiger partial charge in [0.1, 0.15) is 3.70 Å². The van der Waals surface area contributed by atoms with E-state index in [1.165, 1.54) is 24.9 Å². The van der Waals surface area contributed by atoms with Crippen LogP contribution in [0.2, 0.25) is 0 Å². The number of nitrogens with one attached hydrogen (secondary N) is 2. The van der Waals surface area contributed by atoms with Crippen LogP contribution in [-0.2, 0) is 11.2 Å². The van der Waals surface area contributed by atoms with Crippen molar-refractivity contribution in [3.63, 3.8) is 0 Å². The van der Waals surface area contributed by atoms with Gasteiger partial charge in [0.25, 0.3) is 0 Å². The summed E-state index contributed by atoms with van der Waals surface area (Å²) in [4.78, 5) is 15.7. The summed E-state index contributed by atoms with van der Waals surface area (Å²) in [5.74, 6) is 0.00940. The number of hydrogen-bond acceptors (Lipinski definition) is 3. The fourth-order valence-corrected chi connectivity index (χ4v) is 5.23. The molecule has 1 saturated heterocycles. The molecule has 1 aromatic heterocycles. The van der Waals surface area contributed by atoms with Crippen LogP contribution in [0.4, 0.5) is 5.69 Å². The highest BCUT2D eigenvalue weighted by Crippen LogP contribution is 2.32. The fourth-order valence-electron chi connectivity index (χ4n) is 4.67. The number of anilines is 1. The molecule has 0 aliphatic carbocycles. The second kappa shape index (κ2) is 9.95. The van der Waals surface area contributed by atoms with Crippen LogP contribution < -0.4 is 10.2 Å². The van der Waals surface area contributed by atoms with E-state index in [0.717, 1.165) is 44.4 Å². The van der Waals surface area contributed by atoms with Crippen molar-refractivity contribution in [2.24, 2.45) is 0 Å². The standard InChI is InChI=1S/C27H27IN4O/c28-27-22-17-19(13-14-23(22)30-31-27)18-25(33)29-26(20-9-3-1-4-10-20)21-11-5-6-12-24(21)32-15-7-2-8-16-32/h1,3-6,9-14,17,26H,2,7-8,15-16,18H2,(H,29,33)(H,30,31). The van der Waals surface area contributed by atoms with E-state index >= 15 is 0 Å².